The van der Waals surface area contributed by atoms with Crippen LogP contribution in [0.15, 0.2) is 24.3 Å². The van der Waals surface area contributed by atoms with Crippen molar-refractivity contribution in [1.29, 1.82) is 0 Å². The molecule has 1 rings (SSSR count). The highest BCUT2D eigenvalue weighted by Gasteiger charge is 2.11. The number of aryl methyl sites for hydroxylation is 1. The molecule has 0 heterocycles. The van der Waals surface area contributed by atoms with Gasteiger partial charge in [0.1, 0.15) is 0 Å². The Balaban J connectivity index is 2.60. The van der Waals surface area contributed by atoms with Gasteiger partial charge in [0.25, 0.3) is 5.91 Å². The minimum atomic E-state index is -0.368. The molecule has 0 aliphatic heterocycles. The van der Waals surface area contributed by atoms with E-state index in [9.17, 15) is 9.90 Å². The Bertz CT molecular complexity index is 371. The molecule has 1 amide bonds. The number of aliphatic hydroxyl groups is 1. The lowest BCUT2D eigenvalue weighted by molar-refractivity contribution is 0.0769. The zero-order valence-corrected chi connectivity index (χ0v) is 11.5. The third-order valence-electron chi connectivity index (χ3n) is 2.97. The van der Waals surface area contributed by atoms with Gasteiger partial charge in [-0.1, -0.05) is 25.5 Å². The summed E-state index contributed by atoms with van der Waals surface area (Å²) in [4.78, 5) is 13.7. The van der Waals surface area contributed by atoms with Crippen LogP contribution in [0.1, 0.15) is 42.6 Å². The van der Waals surface area contributed by atoms with E-state index in [0.29, 0.717) is 18.5 Å². The largest absolute Gasteiger partial charge is 0.393 e. The lowest BCUT2D eigenvalue weighted by Gasteiger charge is -2.18. The van der Waals surface area contributed by atoms with Gasteiger partial charge in [-0.2, -0.15) is 0 Å². The normalized spacial score (nSPS) is 12.2. The molecule has 1 N–H and O–H groups in total. The summed E-state index contributed by atoms with van der Waals surface area (Å²) in [6.45, 7) is 4.45. The van der Waals surface area contributed by atoms with Crippen LogP contribution in [-0.2, 0) is 6.42 Å². The monoisotopic (exact) mass is 249 g/mol. The zero-order chi connectivity index (χ0) is 13.5. The van der Waals surface area contributed by atoms with Crippen LogP contribution in [0.25, 0.3) is 0 Å². The number of hydrogen-bond donors (Lipinski definition) is 1. The summed E-state index contributed by atoms with van der Waals surface area (Å²) < 4.78 is 0. The smallest absolute Gasteiger partial charge is 0.253 e. The Morgan fingerprint density at radius 3 is 2.44 bits per heavy atom. The molecule has 0 radical (unpaired) electrons. The summed E-state index contributed by atoms with van der Waals surface area (Å²) in [5.41, 5.74) is 1.98. The molecule has 3 nitrogen and oxygen atoms in total. The Labute approximate surface area is 109 Å². The second kappa shape index (κ2) is 7.17. The summed E-state index contributed by atoms with van der Waals surface area (Å²) in [6.07, 6.45) is 2.40. The van der Waals surface area contributed by atoms with Crippen molar-refractivity contribution in [3.05, 3.63) is 35.4 Å². The number of carbonyl (C=O) groups excluding carboxylic acids is 1. The number of amides is 1. The highest BCUT2D eigenvalue weighted by atomic mass is 16.3. The molecule has 1 unspecified atom stereocenters. The molecule has 0 spiro atoms. The van der Waals surface area contributed by atoms with Gasteiger partial charge < -0.3 is 10.0 Å². The molecule has 18 heavy (non-hydrogen) atoms. The van der Waals surface area contributed by atoms with Gasteiger partial charge in [-0.3, -0.25) is 4.79 Å². The molecule has 0 aliphatic carbocycles. The summed E-state index contributed by atoms with van der Waals surface area (Å²) >= 11 is 0. The lowest BCUT2D eigenvalue weighted by atomic mass is 10.1. The van der Waals surface area contributed by atoms with Crippen molar-refractivity contribution >= 4 is 5.91 Å². The molecular weight excluding hydrogens is 226 g/mol. The van der Waals surface area contributed by atoms with E-state index in [1.807, 2.05) is 24.3 Å². The molecular formula is C15H23NO2. The van der Waals surface area contributed by atoms with E-state index in [-0.39, 0.29) is 12.0 Å². The number of benzene rings is 1. The van der Waals surface area contributed by atoms with E-state index in [1.54, 1.807) is 18.9 Å². The molecule has 0 fully saturated rings. The molecule has 3 heteroatoms. The standard InChI is InChI=1S/C15H23NO2/c1-4-5-13-6-8-14(9-7-13)15(18)16(3)11-10-12(2)17/h6-9,12,17H,4-5,10-11H2,1-3H3. The Morgan fingerprint density at radius 2 is 1.94 bits per heavy atom. The van der Waals surface area contributed by atoms with Crippen molar-refractivity contribution in [3.8, 4) is 0 Å². The average molecular weight is 249 g/mol. The minimum Gasteiger partial charge on any atom is -0.393 e. The van der Waals surface area contributed by atoms with Crippen LogP contribution in [0.3, 0.4) is 0 Å². The van der Waals surface area contributed by atoms with Gasteiger partial charge >= 0.3 is 0 Å². The molecule has 1 aromatic rings. The predicted molar refractivity (Wildman–Crippen MR) is 73.7 cm³/mol. The zero-order valence-electron chi connectivity index (χ0n) is 11.5. The number of aliphatic hydroxyl groups excluding tert-OH is 1. The van der Waals surface area contributed by atoms with Gasteiger partial charge in [0, 0.05) is 19.2 Å². The van der Waals surface area contributed by atoms with Crippen molar-refractivity contribution in [1.82, 2.24) is 4.90 Å². The molecule has 0 bridgehead atoms. The summed E-state index contributed by atoms with van der Waals surface area (Å²) in [6, 6.07) is 7.79. The van der Waals surface area contributed by atoms with Gasteiger partial charge in [-0.25, -0.2) is 0 Å². The first-order valence-corrected chi connectivity index (χ1v) is 6.57. The lowest BCUT2D eigenvalue weighted by Crippen LogP contribution is -2.29. The third kappa shape index (κ3) is 4.49. The second-order valence-electron chi connectivity index (χ2n) is 4.81. The Morgan fingerprint density at radius 1 is 1.33 bits per heavy atom. The van der Waals surface area contributed by atoms with Crippen molar-refractivity contribution in [2.24, 2.45) is 0 Å². The predicted octanol–water partition coefficient (Wildman–Crippen LogP) is 2.48. The van der Waals surface area contributed by atoms with Crippen LogP contribution < -0.4 is 0 Å². The Hall–Kier alpha value is -1.35. The topological polar surface area (TPSA) is 40.5 Å². The Kier molecular flexibility index (Phi) is 5.86. The molecule has 0 saturated carbocycles. The van der Waals surface area contributed by atoms with Crippen LogP contribution in [0, 0.1) is 0 Å². The highest BCUT2D eigenvalue weighted by molar-refractivity contribution is 5.94. The van der Waals surface area contributed by atoms with Gasteiger partial charge in [0.15, 0.2) is 0 Å². The van der Waals surface area contributed by atoms with Crippen LogP contribution >= 0.6 is 0 Å². The van der Waals surface area contributed by atoms with Crippen molar-refractivity contribution < 1.29 is 9.90 Å². The first-order chi connectivity index (χ1) is 8.54. The first kappa shape index (κ1) is 14.7. The third-order valence-corrected chi connectivity index (χ3v) is 2.97. The fourth-order valence-corrected chi connectivity index (χ4v) is 1.81. The van der Waals surface area contributed by atoms with Crippen LogP contribution in [-0.4, -0.2) is 35.6 Å². The average Bonchev–Trinajstić information content (AvgIpc) is 2.36. The van der Waals surface area contributed by atoms with Gasteiger partial charge in [-0.15, -0.1) is 0 Å². The van der Waals surface area contributed by atoms with Gasteiger partial charge in [0.2, 0.25) is 0 Å². The number of hydrogen-bond acceptors (Lipinski definition) is 2. The molecule has 100 valence electrons. The summed E-state index contributed by atoms with van der Waals surface area (Å²) in [5, 5.41) is 9.21. The van der Waals surface area contributed by atoms with Crippen molar-refractivity contribution in [2.45, 2.75) is 39.2 Å². The van der Waals surface area contributed by atoms with E-state index in [4.69, 9.17) is 0 Å². The van der Waals surface area contributed by atoms with E-state index < -0.39 is 0 Å². The van der Waals surface area contributed by atoms with E-state index in [0.717, 1.165) is 12.8 Å². The van der Waals surface area contributed by atoms with Gasteiger partial charge in [-0.05, 0) is 37.5 Å². The maximum absolute atomic E-state index is 12.1. The molecule has 0 aliphatic rings. The van der Waals surface area contributed by atoms with E-state index >= 15 is 0 Å². The minimum absolute atomic E-state index is 0.0127. The molecule has 1 aromatic carbocycles. The van der Waals surface area contributed by atoms with E-state index in [2.05, 4.69) is 6.92 Å². The fraction of sp³-hybridized carbons (Fsp3) is 0.533. The first-order valence-electron chi connectivity index (χ1n) is 6.57. The summed E-state index contributed by atoms with van der Waals surface area (Å²) in [7, 11) is 1.77. The van der Waals surface area contributed by atoms with Crippen molar-refractivity contribution in [2.75, 3.05) is 13.6 Å². The maximum atomic E-state index is 12.1. The SMILES string of the molecule is CCCc1ccc(C(=O)N(C)CCC(C)O)cc1. The fourth-order valence-electron chi connectivity index (χ4n) is 1.81. The van der Waals surface area contributed by atoms with Crippen LogP contribution in [0.2, 0.25) is 0 Å². The highest BCUT2D eigenvalue weighted by Crippen LogP contribution is 2.09. The molecule has 0 aromatic heterocycles. The maximum Gasteiger partial charge on any atom is 0.253 e. The second-order valence-corrected chi connectivity index (χ2v) is 4.81. The number of nitrogens with zero attached hydrogens (tertiary/aromatic N) is 1. The van der Waals surface area contributed by atoms with Crippen LogP contribution in [0.5, 0.6) is 0 Å². The van der Waals surface area contributed by atoms with Gasteiger partial charge in [0.05, 0.1) is 6.10 Å². The molecule has 1 atom stereocenters. The number of carbonyl (C=O) groups is 1. The van der Waals surface area contributed by atoms with E-state index in [1.165, 1.54) is 5.56 Å². The van der Waals surface area contributed by atoms with Crippen LogP contribution in [0.4, 0.5) is 0 Å². The number of rotatable bonds is 6. The quantitative estimate of drug-likeness (QED) is 0.841. The van der Waals surface area contributed by atoms with Crippen molar-refractivity contribution in [3.63, 3.8) is 0 Å². The molecule has 0 saturated heterocycles. The summed E-state index contributed by atoms with van der Waals surface area (Å²) in [5.74, 6) is 0.0127.